The van der Waals surface area contributed by atoms with E-state index in [-0.39, 0.29) is 36.9 Å². The molecule has 1 fully saturated rings. The van der Waals surface area contributed by atoms with Gasteiger partial charge in [0.25, 0.3) is 5.91 Å². The summed E-state index contributed by atoms with van der Waals surface area (Å²) in [6.07, 6.45) is -1.24. The van der Waals surface area contributed by atoms with Crippen LogP contribution < -0.4 is 15.4 Å². The van der Waals surface area contributed by atoms with Crippen molar-refractivity contribution in [2.24, 2.45) is 11.8 Å². The van der Waals surface area contributed by atoms with Crippen molar-refractivity contribution in [3.05, 3.63) is 30.0 Å². The molecule has 0 bridgehead atoms. The van der Waals surface area contributed by atoms with E-state index in [9.17, 15) is 29.1 Å². The number of methoxy groups -OCH3 is 2. The maximum Gasteiger partial charge on any atom is 0.509 e. The van der Waals surface area contributed by atoms with Gasteiger partial charge in [-0.25, -0.2) is 4.79 Å². The van der Waals surface area contributed by atoms with Gasteiger partial charge in [0.05, 0.1) is 20.3 Å². The van der Waals surface area contributed by atoms with E-state index < -0.39 is 54.6 Å². The average molecular weight is 575 g/mol. The molecule has 1 aromatic carbocycles. The number of benzene rings is 1. The Kier molecular flexibility index (Phi) is 10.7. The first-order valence-corrected chi connectivity index (χ1v) is 13.4. The van der Waals surface area contributed by atoms with E-state index in [0.717, 1.165) is 7.11 Å². The molecule has 13 nitrogen and oxygen atoms in total. The zero-order valence-corrected chi connectivity index (χ0v) is 23.9. The number of aromatic nitrogens is 1. The molecule has 3 amide bonds. The monoisotopic (exact) mass is 574 g/mol. The third-order valence-electron chi connectivity index (χ3n) is 7.02. The van der Waals surface area contributed by atoms with Gasteiger partial charge >= 0.3 is 6.16 Å². The van der Waals surface area contributed by atoms with Gasteiger partial charge in [0, 0.05) is 23.4 Å². The lowest BCUT2D eigenvalue weighted by Crippen LogP contribution is -2.53. The smallest absolute Gasteiger partial charge is 0.496 e. The largest absolute Gasteiger partial charge is 0.509 e. The van der Waals surface area contributed by atoms with Crippen molar-refractivity contribution in [2.75, 3.05) is 27.4 Å². The molecule has 224 valence electrons. The van der Waals surface area contributed by atoms with Crippen LogP contribution in [0, 0.1) is 11.8 Å². The zero-order chi connectivity index (χ0) is 30.3. The van der Waals surface area contributed by atoms with Gasteiger partial charge in [0.1, 0.15) is 24.1 Å². The molecule has 0 saturated carbocycles. The van der Waals surface area contributed by atoms with Crippen molar-refractivity contribution < 1.29 is 43.3 Å². The predicted molar refractivity (Wildman–Crippen MR) is 147 cm³/mol. The Morgan fingerprint density at radius 2 is 1.85 bits per heavy atom. The van der Waals surface area contributed by atoms with Gasteiger partial charge in [-0.2, -0.15) is 0 Å². The van der Waals surface area contributed by atoms with E-state index >= 15 is 0 Å². The molecule has 41 heavy (non-hydrogen) atoms. The van der Waals surface area contributed by atoms with Crippen molar-refractivity contribution in [3.8, 4) is 5.75 Å². The molecule has 2 aromatic rings. The maximum absolute atomic E-state index is 13.4. The predicted octanol–water partition coefficient (Wildman–Crippen LogP) is 1.73. The topological polar surface area (TPSA) is 176 Å². The number of aliphatic hydroxyl groups is 1. The van der Waals surface area contributed by atoms with Crippen molar-refractivity contribution in [1.82, 2.24) is 20.5 Å². The molecule has 1 aliphatic rings. The number of ether oxygens (including phenoxy) is 3. The summed E-state index contributed by atoms with van der Waals surface area (Å²) < 4.78 is 14.9. The Hall–Kier alpha value is -4.13. The quantitative estimate of drug-likeness (QED) is 0.260. The summed E-state index contributed by atoms with van der Waals surface area (Å²) in [6, 6.07) is 4.83. The summed E-state index contributed by atoms with van der Waals surface area (Å²) in [6.45, 7) is 4.74. The van der Waals surface area contributed by atoms with Crippen LogP contribution in [0.3, 0.4) is 0 Å². The molecular weight excluding hydrogens is 536 g/mol. The first-order valence-electron chi connectivity index (χ1n) is 13.4. The number of H-pyrrole nitrogens is 1. The highest BCUT2D eigenvalue weighted by atomic mass is 16.7. The fraction of sp³-hybridized carbons (Fsp3) is 0.536. The van der Waals surface area contributed by atoms with Gasteiger partial charge in [-0.3, -0.25) is 19.2 Å². The molecule has 3 rings (SSSR count). The van der Waals surface area contributed by atoms with Gasteiger partial charge in [0.15, 0.2) is 12.0 Å². The number of nitrogens with one attached hydrogen (secondary N) is 3. The SMILES string of the molecule is COC(=O)OC(C)N1CC[C@@H](CC(NC(=O)C(CC(C)C)NC(=O)c2cc3c(OC)cccc3[nH]2)C(=O)CO)C1=O. The number of Topliss-reactive ketones (excluding diaryl/α,β-unsaturated/α-hetero) is 1. The Labute approximate surface area is 237 Å². The number of fused-ring (bicyclic) bond motifs is 1. The highest BCUT2D eigenvalue weighted by Crippen LogP contribution is 2.27. The number of hydrogen-bond donors (Lipinski definition) is 4. The van der Waals surface area contributed by atoms with Crippen molar-refractivity contribution >= 4 is 40.6 Å². The fourth-order valence-electron chi connectivity index (χ4n) is 4.90. The molecule has 0 radical (unpaired) electrons. The molecule has 4 N–H and O–H groups in total. The number of aliphatic hydroxyl groups excluding tert-OH is 1. The third kappa shape index (κ3) is 7.75. The van der Waals surface area contributed by atoms with Crippen LogP contribution in [-0.2, 0) is 23.9 Å². The standard InChI is InChI=1S/C28H38N4O9/c1-15(2)11-21(31-26(36)22-13-18-19(29-22)7-6-8-24(18)39-4)25(35)30-20(23(34)14-33)12-17-9-10-32(27(17)37)16(3)41-28(38)40-5/h6-8,13,15-17,20-21,29,33H,9-12,14H2,1-5H3,(H,30,35)(H,31,36)/t16?,17-,20?,21?/m0/s1. The van der Waals surface area contributed by atoms with Gasteiger partial charge < -0.3 is 39.8 Å². The number of amides is 3. The summed E-state index contributed by atoms with van der Waals surface area (Å²) >= 11 is 0. The fourth-order valence-corrected chi connectivity index (χ4v) is 4.90. The molecule has 4 atom stereocenters. The van der Waals surface area contributed by atoms with E-state index in [1.165, 1.54) is 18.9 Å². The number of likely N-dealkylation sites (tertiary alicyclic amines) is 1. The number of hydrogen-bond acceptors (Lipinski definition) is 9. The molecule has 0 spiro atoms. The van der Waals surface area contributed by atoms with Crippen LogP contribution in [0.1, 0.15) is 50.5 Å². The van der Waals surface area contributed by atoms with E-state index in [4.69, 9.17) is 9.47 Å². The molecule has 3 unspecified atom stereocenters. The van der Waals surface area contributed by atoms with Crippen LogP contribution in [0.25, 0.3) is 10.9 Å². The molecule has 1 aromatic heterocycles. The second kappa shape index (κ2) is 14.0. The average Bonchev–Trinajstić information content (AvgIpc) is 3.55. The van der Waals surface area contributed by atoms with Crippen molar-refractivity contribution in [2.45, 2.75) is 58.3 Å². The molecular formula is C28H38N4O9. The maximum atomic E-state index is 13.4. The van der Waals surface area contributed by atoms with E-state index in [0.29, 0.717) is 23.1 Å². The van der Waals surface area contributed by atoms with Gasteiger partial charge in [-0.15, -0.1) is 0 Å². The molecule has 13 heteroatoms. The zero-order valence-electron chi connectivity index (χ0n) is 23.9. The van der Waals surface area contributed by atoms with E-state index in [1.54, 1.807) is 24.3 Å². The van der Waals surface area contributed by atoms with Crippen LogP contribution >= 0.6 is 0 Å². The van der Waals surface area contributed by atoms with E-state index in [1.807, 2.05) is 13.8 Å². The Morgan fingerprint density at radius 3 is 2.49 bits per heavy atom. The van der Waals surface area contributed by atoms with Crippen LogP contribution in [0.2, 0.25) is 0 Å². The third-order valence-corrected chi connectivity index (χ3v) is 7.02. The first kappa shape index (κ1) is 31.4. The number of aromatic amines is 1. The first-order chi connectivity index (χ1) is 19.5. The molecule has 1 aliphatic heterocycles. The van der Waals surface area contributed by atoms with Crippen molar-refractivity contribution in [3.63, 3.8) is 0 Å². The Morgan fingerprint density at radius 1 is 1.12 bits per heavy atom. The number of carbonyl (C=O) groups is 5. The minimum Gasteiger partial charge on any atom is -0.496 e. The lowest BCUT2D eigenvalue weighted by atomic mass is 9.95. The Bertz CT molecular complexity index is 1270. The summed E-state index contributed by atoms with van der Waals surface area (Å²) in [5.74, 6) is -2.20. The normalized spacial score (nSPS) is 17.2. The van der Waals surface area contributed by atoms with Crippen LogP contribution in [0.4, 0.5) is 4.79 Å². The lowest BCUT2D eigenvalue weighted by Gasteiger charge is -2.26. The van der Waals surface area contributed by atoms with Gasteiger partial charge in [-0.05, 0) is 50.3 Å². The summed E-state index contributed by atoms with van der Waals surface area (Å²) in [4.78, 5) is 67.9. The lowest BCUT2D eigenvalue weighted by molar-refractivity contribution is -0.140. The second-order valence-corrected chi connectivity index (χ2v) is 10.4. The molecule has 1 saturated heterocycles. The molecule has 0 aliphatic carbocycles. The van der Waals surface area contributed by atoms with E-state index in [2.05, 4.69) is 20.4 Å². The summed E-state index contributed by atoms with van der Waals surface area (Å²) in [7, 11) is 2.69. The highest BCUT2D eigenvalue weighted by Gasteiger charge is 2.39. The van der Waals surface area contributed by atoms with Gasteiger partial charge in [-0.1, -0.05) is 19.9 Å². The van der Waals surface area contributed by atoms with Crippen LogP contribution in [-0.4, -0.2) is 90.3 Å². The molecule has 2 heterocycles. The highest BCUT2D eigenvalue weighted by molar-refractivity contribution is 6.02. The number of nitrogens with zero attached hydrogens (tertiary/aromatic N) is 1. The van der Waals surface area contributed by atoms with Crippen LogP contribution in [0.15, 0.2) is 24.3 Å². The minimum absolute atomic E-state index is 0.0158. The van der Waals surface area contributed by atoms with Crippen molar-refractivity contribution in [1.29, 1.82) is 0 Å². The summed E-state index contributed by atoms with van der Waals surface area (Å²) in [5.41, 5.74) is 0.920. The second-order valence-electron chi connectivity index (χ2n) is 10.4. The summed E-state index contributed by atoms with van der Waals surface area (Å²) in [5, 5.41) is 15.7. The Balaban J connectivity index is 1.72. The van der Waals surface area contributed by atoms with Gasteiger partial charge in [0.2, 0.25) is 11.8 Å². The minimum atomic E-state index is -1.16. The van der Waals surface area contributed by atoms with Crippen LogP contribution in [0.5, 0.6) is 5.75 Å². The number of ketones is 1. The number of carbonyl (C=O) groups excluding carboxylic acids is 5. The number of rotatable bonds is 13.